The largest absolute Gasteiger partial charge is 0.496 e. The first-order chi connectivity index (χ1) is 9.74. The van der Waals surface area contributed by atoms with Crippen molar-refractivity contribution in [3.8, 4) is 11.8 Å². The van der Waals surface area contributed by atoms with Crippen LogP contribution in [0.25, 0.3) is 0 Å². The van der Waals surface area contributed by atoms with Gasteiger partial charge in [0, 0.05) is 12.1 Å². The van der Waals surface area contributed by atoms with Crippen LogP contribution in [0.3, 0.4) is 0 Å². The van der Waals surface area contributed by atoms with Crippen LogP contribution in [-0.2, 0) is 0 Å². The Labute approximate surface area is 120 Å². The molecule has 1 unspecified atom stereocenters. The summed E-state index contributed by atoms with van der Waals surface area (Å²) in [6, 6.07) is 7.21. The van der Waals surface area contributed by atoms with Crippen molar-refractivity contribution in [2.45, 2.75) is 38.6 Å². The van der Waals surface area contributed by atoms with Gasteiger partial charge in [0.25, 0.3) is 5.91 Å². The van der Waals surface area contributed by atoms with Gasteiger partial charge in [0.05, 0.1) is 18.7 Å². The highest BCUT2D eigenvalue weighted by molar-refractivity contribution is 6.02. The summed E-state index contributed by atoms with van der Waals surface area (Å²) in [5.74, 6) is 0.476. The molecule has 2 rings (SSSR count). The van der Waals surface area contributed by atoms with Gasteiger partial charge in [0.1, 0.15) is 11.8 Å². The molecule has 1 aliphatic rings. The Hall–Kier alpha value is -2.02. The number of carbonyl (C=O) groups excluding carboxylic acids is 1. The molecular formula is C16H20N2O2. The fraction of sp³-hybridized carbons (Fsp3) is 0.500. The normalized spacial score (nSPS) is 16.9. The number of hydrogen-bond donors (Lipinski definition) is 0. The van der Waals surface area contributed by atoms with Crippen molar-refractivity contribution in [2.75, 3.05) is 13.7 Å². The first-order valence-corrected chi connectivity index (χ1v) is 7.12. The summed E-state index contributed by atoms with van der Waals surface area (Å²) in [6.07, 6.45) is 4.35. The Morgan fingerprint density at radius 2 is 2.15 bits per heavy atom. The van der Waals surface area contributed by atoms with E-state index in [1.54, 1.807) is 18.1 Å². The maximum Gasteiger partial charge on any atom is 0.259 e. The van der Waals surface area contributed by atoms with E-state index in [1.165, 1.54) is 0 Å². The highest BCUT2D eigenvalue weighted by atomic mass is 16.5. The number of hydrogen-bond acceptors (Lipinski definition) is 3. The Kier molecular flexibility index (Phi) is 4.62. The van der Waals surface area contributed by atoms with Crippen LogP contribution < -0.4 is 4.74 Å². The second-order valence-electron chi connectivity index (χ2n) is 5.02. The van der Waals surface area contributed by atoms with Gasteiger partial charge in [-0.25, -0.2) is 0 Å². The molecule has 0 aliphatic carbocycles. The number of nitrogens with zero attached hydrogens (tertiary/aromatic N) is 2. The number of methoxy groups -OCH3 is 1. The van der Waals surface area contributed by atoms with E-state index in [1.807, 2.05) is 12.1 Å². The minimum absolute atomic E-state index is 0.0829. The van der Waals surface area contributed by atoms with Crippen LogP contribution in [0.1, 0.15) is 54.6 Å². The predicted molar refractivity (Wildman–Crippen MR) is 76.5 cm³/mol. The van der Waals surface area contributed by atoms with E-state index in [2.05, 4.69) is 13.0 Å². The summed E-state index contributed by atoms with van der Waals surface area (Å²) in [7, 11) is 1.55. The number of carbonyl (C=O) groups is 1. The number of amides is 1. The third-order valence-corrected chi connectivity index (χ3v) is 3.73. The Balaban J connectivity index is 2.21. The van der Waals surface area contributed by atoms with E-state index in [4.69, 9.17) is 4.74 Å². The molecule has 0 fully saturated rings. The zero-order valence-corrected chi connectivity index (χ0v) is 12.1. The fourth-order valence-corrected chi connectivity index (χ4v) is 2.68. The monoisotopic (exact) mass is 272 g/mol. The maximum atomic E-state index is 12.5. The lowest BCUT2D eigenvalue weighted by Crippen LogP contribution is -2.28. The van der Waals surface area contributed by atoms with Gasteiger partial charge >= 0.3 is 0 Å². The molecule has 0 N–H and O–H groups in total. The van der Waals surface area contributed by atoms with Gasteiger partial charge in [-0.05, 0) is 12.5 Å². The Bertz CT molecular complexity index is 534. The molecule has 1 amide bonds. The van der Waals surface area contributed by atoms with Crippen LogP contribution in [0.5, 0.6) is 5.75 Å². The topological polar surface area (TPSA) is 53.3 Å². The molecule has 1 atom stereocenters. The first-order valence-electron chi connectivity index (χ1n) is 7.12. The molecular weight excluding hydrogens is 252 g/mol. The number of benzene rings is 1. The molecule has 4 heteroatoms. The van der Waals surface area contributed by atoms with Crippen molar-refractivity contribution in [1.82, 2.24) is 4.90 Å². The van der Waals surface area contributed by atoms with Crippen molar-refractivity contribution in [3.63, 3.8) is 0 Å². The van der Waals surface area contributed by atoms with Crippen molar-refractivity contribution < 1.29 is 9.53 Å². The summed E-state index contributed by atoms with van der Waals surface area (Å²) >= 11 is 0. The first kappa shape index (κ1) is 14.4. The van der Waals surface area contributed by atoms with Crippen LogP contribution in [-0.4, -0.2) is 24.5 Å². The molecule has 106 valence electrons. The lowest BCUT2D eigenvalue weighted by molar-refractivity contribution is 0.0752. The standard InChI is InChI=1S/C16H20N2O2/c1-3-4-5-6-10-18-13(11-17)12-8-7-9-14(20-2)15(12)16(18)19/h7-9,13H,3-6,10H2,1-2H3. The summed E-state index contributed by atoms with van der Waals surface area (Å²) in [5.41, 5.74) is 1.32. The molecule has 0 saturated heterocycles. The SMILES string of the molecule is CCCCCCN1C(=O)c2c(OC)cccc2C1C#N. The number of fused-ring (bicyclic) bond motifs is 1. The van der Waals surface area contributed by atoms with Gasteiger partial charge in [-0.3, -0.25) is 4.79 Å². The van der Waals surface area contributed by atoms with Crippen LogP contribution in [0.4, 0.5) is 0 Å². The minimum Gasteiger partial charge on any atom is -0.496 e. The number of rotatable bonds is 6. The summed E-state index contributed by atoms with van der Waals surface area (Å²) in [4.78, 5) is 14.2. The molecule has 1 aliphatic heterocycles. The zero-order chi connectivity index (χ0) is 14.5. The summed E-state index contributed by atoms with van der Waals surface area (Å²) < 4.78 is 5.25. The molecule has 0 bridgehead atoms. The van der Waals surface area contributed by atoms with Crippen LogP contribution in [0.2, 0.25) is 0 Å². The molecule has 20 heavy (non-hydrogen) atoms. The van der Waals surface area contributed by atoms with E-state index < -0.39 is 6.04 Å². The van der Waals surface area contributed by atoms with Crippen LogP contribution in [0.15, 0.2) is 18.2 Å². The quantitative estimate of drug-likeness (QED) is 0.747. The van der Waals surface area contributed by atoms with Gasteiger partial charge in [-0.2, -0.15) is 5.26 Å². The lowest BCUT2D eigenvalue weighted by Gasteiger charge is -2.19. The smallest absolute Gasteiger partial charge is 0.259 e. The second kappa shape index (κ2) is 6.42. The molecule has 1 aromatic carbocycles. The number of ether oxygens (including phenoxy) is 1. The number of unbranched alkanes of at least 4 members (excludes halogenated alkanes) is 3. The average Bonchev–Trinajstić information content (AvgIpc) is 2.76. The second-order valence-corrected chi connectivity index (χ2v) is 5.02. The van der Waals surface area contributed by atoms with Gasteiger partial charge in [-0.1, -0.05) is 38.3 Å². The van der Waals surface area contributed by atoms with Gasteiger partial charge in [0.15, 0.2) is 0 Å². The van der Waals surface area contributed by atoms with Crippen molar-refractivity contribution in [2.24, 2.45) is 0 Å². The van der Waals surface area contributed by atoms with E-state index in [9.17, 15) is 10.1 Å². The Morgan fingerprint density at radius 1 is 1.35 bits per heavy atom. The van der Waals surface area contributed by atoms with Crippen LogP contribution in [0, 0.1) is 11.3 Å². The zero-order valence-electron chi connectivity index (χ0n) is 12.1. The molecule has 0 aromatic heterocycles. The Morgan fingerprint density at radius 3 is 2.80 bits per heavy atom. The van der Waals surface area contributed by atoms with Gasteiger partial charge < -0.3 is 9.64 Å². The molecule has 1 heterocycles. The maximum absolute atomic E-state index is 12.5. The van der Waals surface area contributed by atoms with E-state index in [0.717, 1.165) is 31.2 Å². The lowest BCUT2D eigenvalue weighted by atomic mass is 10.0. The van der Waals surface area contributed by atoms with E-state index in [-0.39, 0.29) is 5.91 Å². The van der Waals surface area contributed by atoms with Crippen molar-refractivity contribution in [1.29, 1.82) is 5.26 Å². The van der Waals surface area contributed by atoms with E-state index in [0.29, 0.717) is 17.9 Å². The van der Waals surface area contributed by atoms with Gasteiger partial charge in [0.2, 0.25) is 0 Å². The molecule has 0 radical (unpaired) electrons. The molecule has 0 saturated carbocycles. The highest BCUT2D eigenvalue weighted by Gasteiger charge is 2.38. The summed E-state index contributed by atoms with van der Waals surface area (Å²) in [6.45, 7) is 2.79. The third-order valence-electron chi connectivity index (χ3n) is 3.73. The minimum atomic E-state index is -0.478. The predicted octanol–water partition coefficient (Wildman–Crippen LogP) is 3.30. The van der Waals surface area contributed by atoms with E-state index >= 15 is 0 Å². The highest BCUT2D eigenvalue weighted by Crippen LogP contribution is 2.38. The van der Waals surface area contributed by atoms with Crippen molar-refractivity contribution >= 4 is 5.91 Å². The molecule has 1 aromatic rings. The van der Waals surface area contributed by atoms with Gasteiger partial charge in [-0.15, -0.1) is 0 Å². The van der Waals surface area contributed by atoms with Crippen LogP contribution >= 0.6 is 0 Å². The van der Waals surface area contributed by atoms with Crippen molar-refractivity contribution in [3.05, 3.63) is 29.3 Å². The molecule has 4 nitrogen and oxygen atoms in total. The fourth-order valence-electron chi connectivity index (χ4n) is 2.68. The third kappa shape index (κ3) is 2.49. The average molecular weight is 272 g/mol. The summed E-state index contributed by atoms with van der Waals surface area (Å²) in [5, 5.41) is 9.38. The number of nitriles is 1. The molecule has 0 spiro atoms.